The fraction of sp³-hybridized carbons (Fsp3) is 0.250. The van der Waals surface area contributed by atoms with E-state index >= 15 is 0 Å². The molecule has 0 aliphatic heterocycles. The number of halogens is 1. The average Bonchev–Trinajstić information content (AvgIpc) is 1.72. The maximum absolute atomic E-state index is 3.84. The Kier molecular flexibility index (Phi) is 130. The van der Waals surface area contributed by atoms with Crippen LogP contribution in [-0.4, -0.2) is 0 Å². The second-order valence-electron chi connectivity index (χ2n) is 0.577. The van der Waals surface area contributed by atoms with E-state index in [0.29, 0.717) is 0 Å². The van der Waals surface area contributed by atoms with E-state index in [1.54, 1.807) is 26.6 Å². The van der Waals surface area contributed by atoms with Gasteiger partial charge in [0.1, 0.15) is 0 Å². The molecule has 0 unspecified atom stereocenters. The van der Waals surface area contributed by atoms with Crippen molar-refractivity contribution in [3.05, 3.63) is 31.9 Å². The van der Waals surface area contributed by atoms with Gasteiger partial charge >= 0.3 is 32.8 Å². The van der Waals surface area contributed by atoms with Crippen molar-refractivity contribution in [2.24, 2.45) is 0 Å². The molecule has 0 amide bonds. The minimum absolute atomic E-state index is 0. The third kappa shape index (κ3) is 67.2. The summed E-state index contributed by atoms with van der Waals surface area (Å²) in [7, 11) is 0. The molecule has 4 heteroatoms. The van der Waals surface area contributed by atoms with Crippen LogP contribution in [0.1, 0.15) is 6.42 Å². The Labute approximate surface area is 70.9 Å². The van der Waals surface area contributed by atoms with E-state index < -0.39 is 0 Å². The van der Waals surface area contributed by atoms with E-state index in [1.165, 1.54) is 0 Å². The molecule has 4 N–H and O–H groups in total. The van der Waals surface area contributed by atoms with E-state index in [4.69, 9.17) is 0 Å². The molecule has 8 heavy (non-hydrogen) atoms. The Balaban J connectivity index is -0.0000000183. The molecule has 0 spiro atoms. The van der Waals surface area contributed by atoms with Crippen LogP contribution in [0.15, 0.2) is 12.7 Å². The van der Waals surface area contributed by atoms with Gasteiger partial charge in [0, 0.05) is 0 Å². The minimum atomic E-state index is 0. The quantitative estimate of drug-likeness (QED) is 0.302. The van der Waals surface area contributed by atoms with Crippen LogP contribution in [0.3, 0.4) is 0 Å². The van der Waals surface area contributed by atoms with Crippen molar-refractivity contribution in [2.75, 3.05) is 0 Å². The number of nitrogens with two attached hydrogens (primary N) is 2. The first-order valence-corrected chi connectivity index (χ1v) is 4.62. The Bertz CT molecular complexity index is 28.0. The van der Waals surface area contributed by atoms with Gasteiger partial charge in [0.15, 0.2) is 0 Å². The van der Waals surface area contributed by atoms with Crippen molar-refractivity contribution >= 4 is 20.5 Å². The van der Waals surface area contributed by atoms with Crippen molar-refractivity contribution in [1.82, 2.24) is 0 Å². The molecule has 0 atom stereocenters. The van der Waals surface area contributed by atoms with E-state index in [1.807, 2.05) is 0 Å². The van der Waals surface area contributed by atoms with Crippen LogP contribution in [0.5, 0.6) is 0 Å². The van der Waals surface area contributed by atoms with Gasteiger partial charge in [-0.15, -0.1) is 12.7 Å². The molecule has 0 radical (unpaired) electrons. The molecule has 0 fully saturated rings. The molecule has 0 aromatic heterocycles. The van der Waals surface area contributed by atoms with Crippen molar-refractivity contribution in [3.8, 4) is 0 Å². The zero-order valence-electron chi connectivity index (χ0n) is 4.55. The van der Waals surface area contributed by atoms with E-state index in [9.17, 15) is 0 Å². The summed E-state index contributed by atoms with van der Waals surface area (Å²) in [6.45, 7) is 6.90. The Hall–Kier alpha value is 0.884. The normalized spacial score (nSPS) is 4.00. The zero-order valence-corrected chi connectivity index (χ0v) is 7.69. The average molecular weight is 273 g/mol. The SMILES string of the molecule is C=CC[CH2-].[NH2-].[NH2-].[Ni][I]. The predicted molar refractivity (Wildman–Crippen MR) is 44.8 cm³/mol. The zero-order chi connectivity index (χ0) is 5.41. The van der Waals surface area contributed by atoms with E-state index in [0.717, 1.165) is 6.42 Å². The number of rotatable bonds is 1. The molecule has 0 saturated carbocycles. The van der Waals surface area contributed by atoms with Gasteiger partial charge in [0.25, 0.3) is 0 Å². The first-order chi connectivity index (χ1) is 2.91. The Morgan fingerprint density at radius 1 is 1.50 bits per heavy atom. The standard InChI is InChI=1S/C4H7.HI.2H2N.Ni/c1-3-4-2;;;;/h3H,1-2,4H2;1H;2*1H2;/q-1;;2*-1;+1/p-1. The summed E-state index contributed by atoms with van der Waals surface area (Å²) >= 11 is 5.62. The van der Waals surface area contributed by atoms with Gasteiger partial charge in [-0.2, -0.15) is 6.42 Å². The van der Waals surface area contributed by atoms with Gasteiger partial charge in [-0.25, -0.2) is 0 Å². The van der Waals surface area contributed by atoms with Crippen LogP contribution in [0, 0.1) is 6.92 Å². The van der Waals surface area contributed by atoms with Gasteiger partial charge in [-0.05, 0) is 0 Å². The molecule has 0 heterocycles. The summed E-state index contributed by atoms with van der Waals surface area (Å²) < 4.78 is 0. The second-order valence-corrected chi connectivity index (χ2v) is 0.577. The van der Waals surface area contributed by atoms with E-state index in [-0.39, 0.29) is 12.3 Å². The molecule has 0 aromatic rings. The molecule has 57 valence electrons. The van der Waals surface area contributed by atoms with Crippen LogP contribution in [0.4, 0.5) is 0 Å². The monoisotopic (exact) mass is 272 g/mol. The molecular weight excluding hydrogens is 262 g/mol. The molecule has 0 aromatic carbocycles. The molecule has 0 aliphatic carbocycles. The van der Waals surface area contributed by atoms with Crippen molar-refractivity contribution < 1.29 is 12.3 Å². The molecule has 2 nitrogen and oxygen atoms in total. The van der Waals surface area contributed by atoms with Gasteiger partial charge in [0.2, 0.25) is 0 Å². The van der Waals surface area contributed by atoms with E-state index in [2.05, 4.69) is 25.8 Å². The van der Waals surface area contributed by atoms with Gasteiger partial charge in [0.05, 0.1) is 0 Å². The third-order valence-electron chi connectivity index (χ3n) is 0.204. The van der Waals surface area contributed by atoms with Gasteiger partial charge in [-0.3, -0.25) is 0 Å². The molecule has 0 saturated heterocycles. The van der Waals surface area contributed by atoms with Crippen molar-refractivity contribution in [2.45, 2.75) is 6.42 Å². The predicted octanol–water partition coefficient (Wildman–Crippen LogP) is 3.71. The van der Waals surface area contributed by atoms with Gasteiger partial charge < -0.3 is 19.2 Å². The number of hydrogen-bond donors (Lipinski definition) is 0. The summed E-state index contributed by atoms with van der Waals surface area (Å²) in [4.78, 5) is 0. The number of hydrogen-bond acceptors (Lipinski definition) is 0. The molecule has 0 rings (SSSR count). The van der Waals surface area contributed by atoms with Crippen molar-refractivity contribution in [1.29, 1.82) is 0 Å². The van der Waals surface area contributed by atoms with Gasteiger partial charge in [-0.1, -0.05) is 0 Å². The van der Waals surface area contributed by atoms with Crippen LogP contribution in [0.2, 0.25) is 0 Å². The summed E-state index contributed by atoms with van der Waals surface area (Å²) in [5.74, 6) is 0. The Morgan fingerprint density at radius 3 is 1.62 bits per heavy atom. The molecular formula is C4H11IN2Ni-3. The molecule has 0 bridgehead atoms. The third-order valence-corrected chi connectivity index (χ3v) is 0.204. The first-order valence-electron chi connectivity index (χ1n) is 1.44. The second kappa shape index (κ2) is 44.9. The topological polar surface area (TPSA) is 67.0 Å². The van der Waals surface area contributed by atoms with Crippen LogP contribution in [0.25, 0.3) is 12.3 Å². The summed E-state index contributed by atoms with van der Waals surface area (Å²) in [6, 6.07) is 0. The summed E-state index contributed by atoms with van der Waals surface area (Å²) in [5, 5.41) is 0. The summed E-state index contributed by atoms with van der Waals surface area (Å²) in [6.07, 6.45) is 2.60. The van der Waals surface area contributed by atoms with Crippen LogP contribution >= 0.6 is 20.5 Å². The van der Waals surface area contributed by atoms with Crippen molar-refractivity contribution in [3.63, 3.8) is 0 Å². The maximum atomic E-state index is 3.84. The van der Waals surface area contributed by atoms with Crippen LogP contribution in [-0.2, 0) is 12.3 Å². The molecule has 0 aliphatic rings. The first kappa shape index (κ1) is 23.2. The number of allylic oxidation sites excluding steroid dienone is 1. The summed E-state index contributed by atoms with van der Waals surface area (Å²) in [5.41, 5.74) is 0. The fourth-order valence-corrected chi connectivity index (χ4v) is 0. The van der Waals surface area contributed by atoms with Crippen LogP contribution < -0.4 is 0 Å². The fourth-order valence-electron chi connectivity index (χ4n) is 0. The Morgan fingerprint density at radius 2 is 1.62 bits per heavy atom.